The second kappa shape index (κ2) is 10.8. The Labute approximate surface area is 175 Å². The van der Waals surface area contributed by atoms with Crippen LogP contribution in [0.4, 0.5) is 0 Å². The third-order valence-electron chi connectivity index (χ3n) is 6.48. The Kier molecular flexibility index (Phi) is 8.46. The van der Waals surface area contributed by atoms with Crippen molar-refractivity contribution in [3.8, 4) is 9.75 Å². The molecule has 0 bridgehead atoms. The minimum absolute atomic E-state index is 0.334. The highest BCUT2D eigenvalue weighted by Crippen LogP contribution is 2.57. The van der Waals surface area contributed by atoms with Gasteiger partial charge in [0.1, 0.15) is 0 Å². The minimum Gasteiger partial charge on any atom is -0.143 e. The van der Waals surface area contributed by atoms with Gasteiger partial charge in [-0.15, -0.1) is 22.7 Å². The van der Waals surface area contributed by atoms with Crippen LogP contribution in [0.15, 0.2) is 22.9 Å². The fourth-order valence-corrected chi connectivity index (χ4v) is 7.13. The maximum atomic E-state index is 2.46. The zero-order valence-corrected chi connectivity index (χ0v) is 19.2. The van der Waals surface area contributed by atoms with E-state index in [-0.39, 0.29) is 0 Å². The molecule has 0 amide bonds. The lowest BCUT2D eigenvalue weighted by Gasteiger charge is -2.31. The zero-order valence-electron chi connectivity index (χ0n) is 17.5. The standard InChI is InChI=1S/C25H38S2/c1-3-5-7-9-11-13-17-25(18-14-12-10-8-6-4-2)21-15-19-26-23(21)24-22(25)16-20-27-24/h15-16,19-20H,3-14,17-18H2,1-2H3. The van der Waals surface area contributed by atoms with Gasteiger partial charge in [-0.3, -0.25) is 0 Å². The third kappa shape index (κ3) is 4.88. The molecule has 0 radical (unpaired) electrons. The van der Waals surface area contributed by atoms with Crippen molar-refractivity contribution in [2.45, 2.75) is 109 Å². The van der Waals surface area contributed by atoms with Crippen LogP contribution in [-0.4, -0.2) is 0 Å². The van der Waals surface area contributed by atoms with Crippen LogP contribution in [0.1, 0.15) is 115 Å². The van der Waals surface area contributed by atoms with Gasteiger partial charge in [0.05, 0.1) is 0 Å². The third-order valence-corrected chi connectivity index (χ3v) is 8.48. The van der Waals surface area contributed by atoms with Gasteiger partial charge < -0.3 is 0 Å². The Bertz CT molecular complexity index is 605. The number of hydrogen-bond donors (Lipinski definition) is 0. The van der Waals surface area contributed by atoms with Gasteiger partial charge in [-0.1, -0.05) is 90.9 Å². The topological polar surface area (TPSA) is 0 Å². The molecule has 0 aromatic carbocycles. The maximum absolute atomic E-state index is 2.46. The summed E-state index contributed by atoms with van der Waals surface area (Å²) in [4.78, 5) is 3.19. The molecule has 2 aromatic heterocycles. The van der Waals surface area contributed by atoms with Crippen molar-refractivity contribution in [1.82, 2.24) is 0 Å². The van der Waals surface area contributed by atoms with Gasteiger partial charge >= 0.3 is 0 Å². The summed E-state index contributed by atoms with van der Waals surface area (Å²) in [6, 6.07) is 4.92. The Morgan fingerprint density at radius 3 is 1.44 bits per heavy atom. The molecule has 150 valence electrons. The van der Waals surface area contributed by atoms with Gasteiger partial charge in [0.25, 0.3) is 0 Å². The molecule has 0 unspecified atom stereocenters. The molecule has 0 aliphatic heterocycles. The molecule has 2 heterocycles. The number of unbranched alkanes of at least 4 members (excludes halogenated alkanes) is 10. The molecule has 27 heavy (non-hydrogen) atoms. The Hall–Kier alpha value is -0.600. The second-order valence-electron chi connectivity index (χ2n) is 8.44. The van der Waals surface area contributed by atoms with Crippen LogP contribution in [-0.2, 0) is 5.41 Å². The minimum atomic E-state index is 0.334. The second-order valence-corrected chi connectivity index (χ2v) is 10.3. The summed E-state index contributed by atoms with van der Waals surface area (Å²) in [6.45, 7) is 4.62. The molecule has 0 saturated carbocycles. The van der Waals surface area contributed by atoms with E-state index in [1.807, 2.05) is 22.7 Å². The first-order valence-electron chi connectivity index (χ1n) is 11.5. The van der Waals surface area contributed by atoms with Crippen LogP contribution in [0.5, 0.6) is 0 Å². The monoisotopic (exact) mass is 402 g/mol. The molecule has 0 N–H and O–H groups in total. The van der Waals surface area contributed by atoms with Gasteiger partial charge in [0.2, 0.25) is 0 Å². The normalized spacial score (nSPS) is 14.4. The SMILES string of the molecule is CCCCCCCCC1(CCCCCCCC)c2ccsc2-c2sccc21. The van der Waals surface area contributed by atoms with Crippen LogP contribution < -0.4 is 0 Å². The first-order valence-corrected chi connectivity index (χ1v) is 13.3. The highest BCUT2D eigenvalue weighted by atomic mass is 32.1. The summed E-state index contributed by atoms with van der Waals surface area (Å²) in [5.74, 6) is 0. The van der Waals surface area contributed by atoms with E-state index in [1.165, 1.54) is 89.9 Å². The Balaban J connectivity index is 1.65. The summed E-state index contributed by atoms with van der Waals surface area (Å²) in [7, 11) is 0. The van der Waals surface area contributed by atoms with Gasteiger partial charge in [-0.05, 0) is 46.9 Å². The summed E-state index contributed by atoms with van der Waals surface area (Å²) in [5, 5.41) is 4.68. The van der Waals surface area contributed by atoms with Crippen LogP contribution >= 0.6 is 22.7 Å². The average molecular weight is 403 g/mol. The van der Waals surface area contributed by atoms with E-state index in [1.54, 1.807) is 20.9 Å². The molecule has 0 saturated heterocycles. The lowest BCUT2D eigenvalue weighted by atomic mass is 9.71. The molecule has 0 fully saturated rings. The van der Waals surface area contributed by atoms with Crippen LogP contribution in [0.2, 0.25) is 0 Å². The fourth-order valence-electron chi connectivity index (χ4n) is 4.95. The smallest absolute Gasteiger partial charge is 0.0486 e. The summed E-state index contributed by atoms with van der Waals surface area (Å²) < 4.78 is 0. The lowest BCUT2D eigenvalue weighted by molar-refractivity contribution is 0.399. The number of fused-ring (bicyclic) bond motifs is 3. The average Bonchev–Trinajstić information content (AvgIpc) is 3.38. The molecular weight excluding hydrogens is 364 g/mol. The van der Waals surface area contributed by atoms with Crippen LogP contribution in [0.3, 0.4) is 0 Å². The Morgan fingerprint density at radius 1 is 0.593 bits per heavy atom. The van der Waals surface area contributed by atoms with Crippen LogP contribution in [0.25, 0.3) is 9.75 Å². The highest BCUT2D eigenvalue weighted by Gasteiger charge is 2.43. The highest BCUT2D eigenvalue weighted by molar-refractivity contribution is 7.21. The van der Waals surface area contributed by atoms with Crippen molar-refractivity contribution < 1.29 is 0 Å². The zero-order chi connectivity index (χ0) is 19.0. The van der Waals surface area contributed by atoms with Crippen molar-refractivity contribution in [2.75, 3.05) is 0 Å². The van der Waals surface area contributed by atoms with Gasteiger partial charge in [-0.2, -0.15) is 0 Å². The predicted molar refractivity (Wildman–Crippen MR) is 124 cm³/mol. The molecule has 2 aromatic rings. The van der Waals surface area contributed by atoms with E-state index in [0.29, 0.717) is 5.41 Å². The van der Waals surface area contributed by atoms with E-state index in [4.69, 9.17) is 0 Å². The molecule has 3 rings (SSSR count). The first-order chi connectivity index (χ1) is 13.3. The molecular formula is C25H38S2. The van der Waals surface area contributed by atoms with E-state index in [2.05, 4.69) is 36.7 Å². The van der Waals surface area contributed by atoms with Gasteiger partial charge in [-0.25, -0.2) is 0 Å². The molecule has 1 aliphatic rings. The fraction of sp³-hybridized carbons (Fsp3) is 0.680. The maximum Gasteiger partial charge on any atom is 0.0486 e. The number of rotatable bonds is 14. The molecule has 2 heteroatoms. The van der Waals surface area contributed by atoms with Gasteiger partial charge in [0, 0.05) is 15.2 Å². The van der Waals surface area contributed by atoms with Crippen molar-refractivity contribution >= 4 is 22.7 Å². The van der Waals surface area contributed by atoms with E-state index in [0.717, 1.165) is 0 Å². The molecule has 0 nitrogen and oxygen atoms in total. The van der Waals surface area contributed by atoms with Crippen molar-refractivity contribution in [2.24, 2.45) is 0 Å². The quantitative estimate of drug-likeness (QED) is 0.276. The summed E-state index contributed by atoms with van der Waals surface area (Å²) in [5.41, 5.74) is 3.69. The molecule has 0 atom stereocenters. The number of hydrogen-bond acceptors (Lipinski definition) is 2. The number of thiophene rings is 2. The predicted octanol–water partition coefficient (Wildman–Crippen LogP) is 9.58. The van der Waals surface area contributed by atoms with Gasteiger partial charge in [0.15, 0.2) is 0 Å². The Morgan fingerprint density at radius 2 is 1.00 bits per heavy atom. The van der Waals surface area contributed by atoms with E-state index in [9.17, 15) is 0 Å². The molecule has 0 spiro atoms. The van der Waals surface area contributed by atoms with Crippen molar-refractivity contribution in [1.29, 1.82) is 0 Å². The van der Waals surface area contributed by atoms with E-state index >= 15 is 0 Å². The molecule has 1 aliphatic carbocycles. The largest absolute Gasteiger partial charge is 0.143 e. The van der Waals surface area contributed by atoms with Crippen molar-refractivity contribution in [3.05, 3.63) is 34.0 Å². The van der Waals surface area contributed by atoms with Crippen molar-refractivity contribution in [3.63, 3.8) is 0 Å². The summed E-state index contributed by atoms with van der Waals surface area (Å²) >= 11 is 3.95. The summed E-state index contributed by atoms with van der Waals surface area (Å²) in [6.07, 6.45) is 19.5. The van der Waals surface area contributed by atoms with E-state index < -0.39 is 0 Å². The lowest BCUT2D eigenvalue weighted by Crippen LogP contribution is -2.24. The first kappa shape index (κ1) is 21.1. The van der Waals surface area contributed by atoms with Crippen LogP contribution in [0, 0.1) is 0 Å².